The zero-order chi connectivity index (χ0) is 18.9. The van der Waals surface area contributed by atoms with Gasteiger partial charge in [0.1, 0.15) is 11.5 Å². The smallest absolute Gasteiger partial charge is 0.191 e. The van der Waals surface area contributed by atoms with Crippen molar-refractivity contribution in [1.29, 1.82) is 0 Å². The number of aromatic nitrogens is 3. The van der Waals surface area contributed by atoms with Crippen LogP contribution in [0.5, 0.6) is 11.5 Å². The summed E-state index contributed by atoms with van der Waals surface area (Å²) in [7, 11) is 3.38. The summed E-state index contributed by atoms with van der Waals surface area (Å²) in [5.41, 5.74) is 0.826. The Labute approximate surface area is 158 Å². The van der Waals surface area contributed by atoms with E-state index in [9.17, 15) is 0 Å². The Morgan fingerprint density at radius 3 is 2.85 bits per heavy atom. The Hall–Kier alpha value is -3.29. The molecule has 0 aliphatic heterocycles. The average molecular weight is 368 g/mol. The summed E-state index contributed by atoms with van der Waals surface area (Å²) in [6, 6.07) is 13.4. The number of benzene rings is 1. The standard InChI is InChI=1S/C19H24N6O2/c1-20-19(22-14-18-24-23-17-9-3-4-11-25(17)18)21-10-6-12-27-16-8-5-7-15(13-16)26-2/h3-5,7-9,11,13H,6,10,12,14H2,1-2H3,(H2,20,21,22). The van der Waals surface area contributed by atoms with Crippen LogP contribution in [0.2, 0.25) is 0 Å². The van der Waals surface area contributed by atoms with Gasteiger partial charge in [0.05, 0.1) is 20.3 Å². The zero-order valence-electron chi connectivity index (χ0n) is 15.6. The van der Waals surface area contributed by atoms with Gasteiger partial charge in [-0.3, -0.25) is 9.39 Å². The second-order valence-corrected chi connectivity index (χ2v) is 5.78. The Morgan fingerprint density at radius 2 is 2.00 bits per heavy atom. The molecule has 0 saturated heterocycles. The maximum absolute atomic E-state index is 5.73. The number of fused-ring (bicyclic) bond motifs is 1. The van der Waals surface area contributed by atoms with Gasteiger partial charge in [-0.2, -0.15) is 0 Å². The number of aliphatic imine (C=N–C) groups is 1. The molecule has 2 N–H and O–H groups in total. The highest BCUT2D eigenvalue weighted by Crippen LogP contribution is 2.18. The van der Waals surface area contributed by atoms with Gasteiger partial charge in [-0.1, -0.05) is 12.1 Å². The topological polar surface area (TPSA) is 85.1 Å². The van der Waals surface area contributed by atoms with Crippen LogP contribution in [-0.2, 0) is 6.54 Å². The normalized spacial score (nSPS) is 11.4. The van der Waals surface area contributed by atoms with Gasteiger partial charge in [0.2, 0.25) is 0 Å². The summed E-state index contributed by atoms with van der Waals surface area (Å²) in [4.78, 5) is 4.23. The van der Waals surface area contributed by atoms with Crippen molar-refractivity contribution in [2.45, 2.75) is 13.0 Å². The molecular formula is C19H24N6O2. The van der Waals surface area contributed by atoms with Crippen LogP contribution >= 0.6 is 0 Å². The maximum atomic E-state index is 5.73. The number of guanidine groups is 1. The van der Waals surface area contributed by atoms with Crippen molar-refractivity contribution in [3.8, 4) is 11.5 Å². The first kappa shape index (κ1) is 18.5. The number of ether oxygens (including phenoxy) is 2. The number of pyridine rings is 1. The van der Waals surface area contributed by atoms with Gasteiger partial charge in [0.15, 0.2) is 17.4 Å². The lowest BCUT2D eigenvalue weighted by Crippen LogP contribution is -2.38. The van der Waals surface area contributed by atoms with Crippen LogP contribution in [0.25, 0.3) is 5.65 Å². The predicted molar refractivity (Wildman–Crippen MR) is 104 cm³/mol. The van der Waals surface area contributed by atoms with Gasteiger partial charge in [-0.15, -0.1) is 10.2 Å². The van der Waals surface area contributed by atoms with Crippen LogP contribution in [0, 0.1) is 0 Å². The van der Waals surface area contributed by atoms with E-state index >= 15 is 0 Å². The number of nitrogens with one attached hydrogen (secondary N) is 2. The molecule has 0 aliphatic carbocycles. The fourth-order valence-electron chi connectivity index (χ4n) is 2.55. The third-order valence-electron chi connectivity index (χ3n) is 3.95. The summed E-state index contributed by atoms with van der Waals surface area (Å²) in [5.74, 6) is 3.13. The quantitative estimate of drug-likeness (QED) is 0.359. The Kier molecular flexibility index (Phi) is 6.45. The number of hydrogen-bond acceptors (Lipinski definition) is 5. The molecule has 2 aromatic heterocycles. The van der Waals surface area contributed by atoms with Crippen molar-refractivity contribution in [2.24, 2.45) is 4.99 Å². The van der Waals surface area contributed by atoms with E-state index in [4.69, 9.17) is 9.47 Å². The number of rotatable bonds is 8. The first-order valence-electron chi connectivity index (χ1n) is 8.80. The molecule has 0 bridgehead atoms. The lowest BCUT2D eigenvalue weighted by atomic mass is 10.3. The van der Waals surface area contributed by atoms with Crippen molar-refractivity contribution >= 4 is 11.6 Å². The minimum atomic E-state index is 0.533. The molecule has 1 aromatic carbocycles. The average Bonchev–Trinajstić information content (AvgIpc) is 3.13. The molecule has 0 unspecified atom stereocenters. The van der Waals surface area contributed by atoms with Crippen molar-refractivity contribution in [3.05, 3.63) is 54.5 Å². The zero-order valence-corrected chi connectivity index (χ0v) is 15.6. The van der Waals surface area contributed by atoms with E-state index in [0.717, 1.165) is 35.9 Å². The number of methoxy groups -OCH3 is 1. The van der Waals surface area contributed by atoms with E-state index in [2.05, 4.69) is 25.8 Å². The lowest BCUT2D eigenvalue weighted by molar-refractivity contribution is 0.308. The predicted octanol–water partition coefficient (Wildman–Crippen LogP) is 1.87. The molecule has 0 radical (unpaired) electrons. The molecule has 0 saturated carbocycles. The fraction of sp³-hybridized carbons (Fsp3) is 0.316. The van der Waals surface area contributed by atoms with Crippen LogP contribution in [0.4, 0.5) is 0 Å². The highest BCUT2D eigenvalue weighted by atomic mass is 16.5. The number of hydrogen-bond donors (Lipinski definition) is 2. The van der Waals surface area contributed by atoms with Crippen LogP contribution in [0.3, 0.4) is 0 Å². The third-order valence-corrected chi connectivity index (χ3v) is 3.95. The van der Waals surface area contributed by atoms with Crippen LogP contribution in [0.15, 0.2) is 53.7 Å². The largest absolute Gasteiger partial charge is 0.497 e. The second kappa shape index (κ2) is 9.42. The van der Waals surface area contributed by atoms with Gasteiger partial charge in [0.25, 0.3) is 0 Å². The molecule has 8 nitrogen and oxygen atoms in total. The Bertz CT molecular complexity index is 893. The minimum absolute atomic E-state index is 0.533. The first-order chi connectivity index (χ1) is 13.3. The third kappa shape index (κ3) is 5.10. The fourth-order valence-corrected chi connectivity index (χ4v) is 2.55. The summed E-state index contributed by atoms with van der Waals surface area (Å²) in [6.07, 6.45) is 2.78. The van der Waals surface area contributed by atoms with Gasteiger partial charge in [-0.05, 0) is 30.7 Å². The molecule has 0 amide bonds. The van der Waals surface area contributed by atoms with E-state index in [1.807, 2.05) is 53.1 Å². The molecule has 3 aromatic rings. The van der Waals surface area contributed by atoms with Crippen LogP contribution < -0.4 is 20.1 Å². The molecule has 0 atom stereocenters. The van der Waals surface area contributed by atoms with Crippen molar-refractivity contribution in [3.63, 3.8) is 0 Å². The molecule has 3 rings (SSSR count). The first-order valence-corrected chi connectivity index (χ1v) is 8.80. The minimum Gasteiger partial charge on any atom is -0.497 e. The van der Waals surface area contributed by atoms with Crippen LogP contribution in [-0.4, -0.2) is 47.9 Å². The van der Waals surface area contributed by atoms with Gasteiger partial charge in [0, 0.05) is 25.9 Å². The van der Waals surface area contributed by atoms with E-state index in [1.165, 1.54) is 0 Å². The molecule has 2 heterocycles. The lowest BCUT2D eigenvalue weighted by Gasteiger charge is -2.12. The van der Waals surface area contributed by atoms with E-state index in [-0.39, 0.29) is 0 Å². The number of nitrogens with zero attached hydrogens (tertiary/aromatic N) is 4. The maximum Gasteiger partial charge on any atom is 0.191 e. The monoisotopic (exact) mass is 368 g/mol. The van der Waals surface area contributed by atoms with Gasteiger partial charge >= 0.3 is 0 Å². The molecule has 8 heteroatoms. The molecule has 142 valence electrons. The van der Waals surface area contributed by atoms with Crippen LogP contribution in [0.1, 0.15) is 12.2 Å². The summed E-state index contributed by atoms with van der Waals surface area (Å²) < 4.78 is 12.9. The molecular weight excluding hydrogens is 344 g/mol. The summed E-state index contributed by atoms with van der Waals surface area (Å²) in [6.45, 7) is 1.88. The molecule has 0 fully saturated rings. The Morgan fingerprint density at radius 1 is 1.11 bits per heavy atom. The molecule has 0 aliphatic rings. The molecule has 27 heavy (non-hydrogen) atoms. The second-order valence-electron chi connectivity index (χ2n) is 5.78. The SMILES string of the molecule is CN=C(NCCCOc1cccc(OC)c1)NCc1nnc2ccccn12. The van der Waals surface area contributed by atoms with Gasteiger partial charge < -0.3 is 20.1 Å². The summed E-state index contributed by atoms with van der Waals surface area (Å²) >= 11 is 0. The molecule has 0 spiro atoms. The highest BCUT2D eigenvalue weighted by molar-refractivity contribution is 5.79. The highest BCUT2D eigenvalue weighted by Gasteiger charge is 2.05. The van der Waals surface area contributed by atoms with Crippen molar-refractivity contribution < 1.29 is 9.47 Å². The Balaban J connectivity index is 1.39. The van der Waals surface area contributed by atoms with E-state index < -0.39 is 0 Å². The summed E-state index contributed by atoms with van der Waals surface area (Å²) in [5, 5.41) is 14.8. The van der Waals surface area contributed by atoms with Crippen molar-refractivity contribution in [2.75, 3.05) is 27.3 Å². The van der Waals surface area contributed by atoms with Gasteiger partial charge in [-0.25, -0.2) is 0 Å². The van der Waals surface area contributed by atoms with E-state index in [0.29, 0.717) is 19.1 Å². The van der Waals surface area contributed by atoms with E-state index in [1.54, 1.807) is 14.2 Å². The van der Waals surface area contributed by atoms with Crippen molar-refractivity contribution in [1.82, 2.24) is 25.2 Å².